The number of Topliss-reactive ketones (excluding diaryl/α,β-unsaturated/α-hetero) is 1. The molecule has 0 saturated heterocycles. The van der Waals surface area contributed by atoms with Gasteiger partial charge >= 0.3 is 0 Å². The minimum Gasteiger partial charge on any atom is -0.493 e. The second kappa shape index (κ2) is 7.51. The second-order valence-electron chi connectivity index (χ2n) is 5.62. The van der Waals surface area contributed by atoms with E-state index in [1.165, 1.54) is 30.2 Å². The molecule has 0 radical (unpaired) electrons. The fourth-order valence-electron chi connectivity index (χ4n) is 2.53. The van der Waals surface area contributed by atoms with Gasteiger partial charge in [0.2, 0.25) is 0 Å². The number of methoxy groups -OCH3 is 2. The normalized spacial score (nSPS) is 10.9. The topological polar surface area (TPSA) is 81.3 Å². The summed E-state index contributed by atoms with van der Waals surface area (Å²) in [6.45, 7) is 3.88. The van der Waals surface area contributed by atoms with Crippen LogP contribution < -0.4 is 15.0 Å². The molecule has 3 rings (SSSR count). The molecule has 6 nitrogen and oxygen atoms in total. The summed E-state index contributed by atoms with van der Waals surface area (Å²) in [5.41, 5.74) is 1.30. The van der Waals surface area contributed by atoms with Crippen LogP contribution in [0.3, 0.4) is 0 Å². The number of nitrogens with one attached hydrogen (secondary N) is 1. The predicted octanol–water partition coefficient (Wildman–Crippen LogP) is 3.59. The number of carbonyl (C=O) groups is 1. The van der Waals surface area contributed by atoms with Crippen molar-refractivity contribution >= 4 is 39.1 Å². The summed E-state index contributed by atoms with van der Waals surface area (Å²) in [6, 6.07) is 5.03. The summed E-state index contributed by atoms with van der Waals surface area (Å²) < 4.78 is 10.4. The van der Waals surface area contributed by atoms with Crippen molar-refractivity contribution in [3.8, 4) is 11.5 Å². The van der Waals surface area contributed by atoms with Crippen LogP contribution in [0.4, 0.5) is 0 Å². The molecule has 2 heterocycles. The zero-order chi connectivity index (χ0) is 18.8. The van der Waals surface area contributed by atoms with Gasteiger partial charge in [0.15, 0.2) is 22.4 Å². The van der Waals surface area contributed by atoms with Crippen LogP contribution in [-0.2, 0) is 0 Å². The first-order valence-electron chi connectivity index (χ1n) is 7.82. The van der Waals surface area contributed by atoms with Crippen LogP contribution in [0, 0.1) is 13.8 Å². The van der Waals surface area contributed by atoms with E-state index in [0.717, 1.165) is 10.4 Å². The zero-order valence-corrected chi connectivity index (χ0v) is 16.5. The Morgan fingerprint density at radius 2 is 1.96 bits per heavy atom. The molecule has 0 aliphatic carbocycles. The number of nitrogens with zero attached hydrogens (tertiary/aromatic N) is 1. The van der Waals surface area contributed by atoms with Crippen LogP contribution in [0.2, 0.25) is 0 Å². The Labute approximate surface area is 158 Å². The van der Waals surface area contributed by atoms with Gasteiger partial charge in [-0.15, -0.1) is 11.3 Å². The molecule has 0 fully saturated rings. The number of carbonyl (C=O) groups excluding carboxylic acids is 1. The highest BCUT2D eigenvalue weighted by Gasteiger charge is 2.15. The number of ether oxygens (including phenoxy) is 2. The summed E-state index contributed by atoms with van der Waals surface area (Å²) in [5, 5.41) is 1.07. The second-order valence-corrected chi connectivity index (χ2v) is 7.78. The van der Waals surface area contributed by atoms with Crippen LogP contribution >= 0.6 is 23.1 Å². The van der Waals surface area contributed by atoms with E-state index in [-0.39, 0.29) is 17.1 Å². The van der Waals surface area contributed by atoms with Gasteiger partial charge in [-0.05, 0) is 37.6 Å². The number of ketones is 1. The molecule has 0 aliphatic rings. The smallest absolute Gasteiger partial charge is 0.260 e. The van der Waals surface area contributed by atoms with Gasteiger partial charge in [-0.25, -0.2) is 4.98 Å². The average Bonchev–Trinajstić information content (AvgIpc) is 2.93. The Hall–Kier alpha value is -2.32. The van der Waals surface area contributed by atoms with Gasteiger partial charge in [0, 0.05) is 10.4 Å². The number of benzene rings is 1. The number of aryl methyl sites for hydroxylation is 2. The van der Waals surface area contributed by atoms with Gasteiger partial charge < -0.3 is 14.5 Å². The standard InChI is InChI=1S/C18H18N2O4S2/c1-9-10(2)26-17-15(9)16(22)19-18(20-17)25-8-12(21)11-5-6-13(23-3)14(7-11)24-4/h5-7H,8H2,1-4H3,(H,19,20,22). The number of rotatable bonds is 6. The predicted molar refractivity (Wildman–Crippen MR) is 104 cm³/mol. The minimum absolute atomic E-state index is 0.0859. The van der Waals surface area contributed by atoms with Crippen molar-refractivity contribution in [3.63, 3.8) is 0 Å². The van der Waals surface area contributed by atoms with Crippen molar-refractivity contribution in [2.75, 3.05) is 20.0 Å². The van der Waals surface area contributed by atoms with E-state index >= 15 is 0 Å². The summed E-state index contributed by atoms with van der Waals surface area (Å²) >= 11 is 2.70. The molecule has 2 aromatic heterocycles. The Morgan fingerprint density at radius 1 is 1.23 bits per heavy atom. The average molecular weight is 390 g/mol. The van der Waals surface area contributed by atoms with Crippen LogP contribution in [0.25, 0.3) is 10.2 Å². The van der Waals surface area contributed by atoms with Gasteiger partial charge in [-0.3, -0.25) is 9.59 Å². The summed E-state index contributed by atoms with van der Waals surface area (Å²) in [6.07, 6.45) is 0. The first kappa shape index (κ1) is 18.5. The Bertz CT molecular complexity index is 1040. The number of hydrogen-bond acceptors (Lipinski definition) is 7. The lowest BCUT2D eigenvalue weighted by molar-refractivity contribution is 0.102. The summed E-state index contributed by atoms with van der Waals surface area (Å²) in [4.78, 5) is 33.7. The molecule has 136 valence electrons. The van der Waals surface area contributed by atoms with Gasteiger partial charge in [0.05, 0.1) is 25.4 Å². The number of aromatic nitrogens is 2. The van der Waals surface area contributed by atoms with Crippen molar-refractivity contribution in [2.24, 2.45) is 0 Å². The Morgan fingerprint density at radius 3 is 2.65 bits per heavy atom. The van der Waals surface area contributed by atoms with E-state index in [2.05, 4.69) is 9.97 Å². The lowest BCUT2D eigenvalue weighted by Crippen LogP contribution is -2.10. The summed E-state index contributed by atoms with van der Waals surface area (Å²) in [5.74, 6) is 1.14. The molecule has 26 heavy (non-hydrogen) atoms. The summed E-state index contributed by atoms with van der Waals surface area (Å²) in [7, 11) is 3.07. The van der Waals surface area contributed by atoms with Crippen LogP contribution in [0.1, 0.15) is 20.8 Å². The largest absolute Gasteiger partial charge is 0.493 e. The van der Waals surface area contributed by atoms with Gasteiger partial charge in [-0.2, -0.15) is 0 Å². The maximum atomic E-state index is 12.5. The SMILES string of the molecule is COc1ccc(C(=O)CSc2nc3sc(C)c(C)c3c(=O)[nH]2)cc1OC. The molecule has 3 aromatic rings. The minimum atomic E-state index is -0.169. The van der Waals surface area contributed by atoms with Crippen molar-refractivity contribution in [1.82, 2.24) is 9.97 Å². The molecule has 0 unspecified atom stereocenters. The van der Waals surface area contributed by atoms with Crippen molar-refractivity contribution in [3.05, 3.63) is 44.6 Å². The van der Waals surface area contributed by atoms with Crippen LogP contribution in [0.15, 0.2) is 28.2 Å². The Balaban J connectivity index is 1.79. The van der Waals surface area contributed by atoms with E-state index in [9.17, 15) is 9.59 Å². The van der Waals surface area contributed by atoms with Crippen LogP contribution in [-0.4, -0.2) is 35.7 Å². The molecule has 0 spiro atoms. The quantitative estimate of drug-likeness (QED) is 0.393. The lowest BCUT2D eigenvalue weighted by atomic mass is 10.1. The van der Waals surface area contributed by atoms with Crippen molar-refractivity contribution in [2.45, 2.75) is 19.0 Å². The molecule has 1 N–H and O–H groups in total. The van der Waals surface area contributed by atoms with E-state index in [1.54, 1.807) is 25.3 Å². The van der Waals surface area contributed by atoms with Gasteiger partial charge in [0.25, 0.3) is 5.56 Å². The number of thioether (sulfide) groups is 1. The maximum Gasteiger partial charge on any atom is 0.260 e. The third-order valence-electron chi connectivity index (χ3n) is 4.06. The molecule has 0 aliphatic heterocycles. The molecular formula is C18H18N2O4S2. The fourth-order valence-corrected chi connectivity index (χ4v) is 4.37. The van der Waals surface area contributed by atoms with Crippen molar-refractivity contribution in [1.29, 1.82) is 0 Å². The highest BCUT2D eigenvalue weighted by atomic mass is 32.2. The zero-order valence-electron chi connectivity index (χ0n) is 14.8. The third kappa shape index (κ3) is 3.47. The van der Waals surface area contributed by atoms with E-state index in [1.807, 2.05) is 13.8 Å². The first-order valence-corrected chi connectivity index (χ1v) is 9.62. The first-order chi connectivity index (χ1) is 12.4. The van der Waals surface area contributed by atoms with Gasteiger partial charge in [-0.1, -0.05) is 11.8 Å². The van der Waals surface area contributed by atoms with E-state index in [4.69, 9.17) is 9.47 Å². The Kier molecular flexibility index (Phi) is 5.33. The van der Waals surface area contributed by atoms with Crippen molar-refractivity contribution < 1.29 is 14.3 Å². The molecule has 0 saturated carbocycles. The molecular weight excluding hydrogens is 372 g/mol. The number of thiophene rings is 1. The lowest BCUT2D eigenvalue weighted by Gasteiger charge is -2.09. The highest BCUT2D eigenvalue weighted by Crippen LogP contribution is 2.29. The molecule has 0 amide bonds. The van der Waals surface area contributed by atoms with Crippen LogP contribution in [0.5, 0.6) is 11.5 Å². The fraction of sp³-hybridized carbons (Fsp3) is 0.278. The molecule has 1 aromatic carbocycles. The highest BCUT2D eigenvalue weighted by molar-refractivity contribution is 7.99. The van der Waals surface area contributed by atoms with E-state index in [0.29, 0.717) is 32.4 Å². The third-order valence-corrected chi connectivity index (χ3v) is 6.04. The number of aromatic amines is 1. The molecule has 0 atom stereocenters. The maximum absolute atomic E-state index is 12.5. The molecule has 8 heteroatoms. The van der Waals surface area contributed by atoms with E-state index < -0.39 is 0 Å². The monoisotopic (exact) mass is 390 g/mol. The molecule has 0 bridgehead atoms. The number of fused-ring (bicyclic) bond motifs is 1. The number of H-pyrrole nitrogens is 1. The van der Waals surface area contributed by atoms with Gasteiger partial charge in [0.1, 0.15) is 4.83 Å². The number of hydrogen-bond donors (Lipinski definition) is 1.